The van der Waals surface area contributed by atoms with Crippen LogP contribution >= 0.6 is 0 Å². The van der Waals surface area contributed by atoms with Crippen LogP contribution in [0.15, 0.2) is 24.3 Å². The number of imide groups is 1. The van der Waals surface area contributed by atoms with Crippen molar-refractivity contribution >= 4 is 23.5 Å². The maximum Gasteiger partial charge on any atom is 0.325 e. The van der Waals surface area contributed by atoms with Gasteiger partial charge in [0, 0.05) is 12.6 Å². The van der Waals surface area contributed by atoms with Crippen LogP contribution in [-0.4, -0.2) is 35.7 Å². The van der Waals surface area contributed by atoms with Crippen LogP contribution in [-0.2, 0) is 9.59 Å². The van der Waals surface area contributed by atoms with E-state index in [1.54, 1.807) is 24.3 Å². The van der Waals surface area contributed by atoms with Crippen LogP contribution in [0, 0.1) is 0 Å². The molecule has 1 unspecified atom stereocenters. The average Bonchev–Trinajstić information content (AvgIpc) is 2.67. The maximum absolute atomic E-state index is 12.3. The first-order chi connectivity index (χ1) is 9.88. The Hall–Kier alpha value is -2.51. The molecule has 4 amide bonds. The molecule has 6 nitrogen and oxygen atoms in total. The van der Waals surface area contributed by atoms with Crippen molar-refractivity contribution in [3.63, 3.8) is 0 Å². The van der Waals surface area contributed by atoms with Crippen molar-refractivity contribution in [2.75, 3.05) is 11.9 Å². The van der Waals surface area contributed by atoms with Crippen LogP contribution < -0.4 is 10.6 Å². The monoisotopic (exact) mass is 297 g/mol. The fraction of sp³-hybridized carbons (Fsp3) is 0.308. The summed E-state index contributed by atoms with van der Waals surface area (Å²) in [6.07, 6.45) is -2.78. The predicted molar refractivity (Wildman–Crippen MR) is 69.7 cm³/mol. The Bertz CT molecular complexity index is 575. The number of rotatable bonds is 4. The molecule has 112 valence electrons. The predicted octanol–water partition coefficient (Wildman–Crippen LogP) is 1.50. The summed E-state index contributed by atoms with van der Waals surface area (Å²) in [5, 5.41) is 4.91. The van der Waals surface area contributed by atoms with Crippen molar-refractivity contribution < 1.29 is 23.2 Å². The first kappa shape index (κ1) is 14.9. The van der Waals surface area contributed by atoms with E-state index in [1.165, 1.54) is 6.92 Å². The van der Waals surface area contributed by atoms with Gasteiger partial charge in [0.15, 0.2) is 0 Å². The first-order valence-corrected chi connectivity index (χ1v) is 6.16. The highest BCUT2D eigenvalue weighted by molar-refractivity contribution is 6.04. The van der Waals surface area contributed by atoms with Gasteiger partial charge in [-0.25, -0.2) is 13.6 Å². The molecule has 0 spiro atoms. The van der Waals surface area contributed by atoms with Gasteiger partial charge in [-0.05, 0) is 17.7 Å². The van der Waals surface area contributed by atoms with Gasteiger partial charge in [0.1, 0.15) is 6.04 Å². The molecule has 2 rings (SSSR count). The van der Waals surface area contributed by atoms with Crippen molar-refractivity contribution in [1.82, 2.24) is 10.2 Å². The normalized spacial score (nSPS) is 18.1. The highest BCUT2D eigenvalue weighted by atomic mass is 19.3. The number of amides is 4. The second-order valence-corrected chi connectivity index (χ2v) is 4.53. The zero-order valence-corrected chi connectivity index (χ0v) is 11.1. The minimum atomic E-state index is -2.78. The molecule has 0 bridgehead atoms. The summed E-state index contributed by atoms with van der Waals surface area (Å²) in [4.78, 5) is 34.9. The zero-order chi connectivity index (χ0) is 15.6. The number of alkyl halides is 2. The summed E-state index contributed by atoms with van der Waals surface area (Å²) in [6, 6.07) is 4.39. The number of carbonyl (C=O) groups is 3. The summed E-state index contributed by atoms with van der Waals surface area (Å²) in [7, 11) is 0. The number of anilines is 1. The van der Waals surface area contributed by atoms with Crippen molar-refractivity contribution in [2.24, 2.45) is 0 Å². The van der Waals surface area contributed by atoms with Gasteiger partial charge in [-0.2, -0.15) is 0 Å². The molecule has 0 radical (unpaired) electrons. The maximum atomic E-state index is 12.3. The van der Waals surface area contributed by atoms with Crippen LogP contribution in [0.3, 0.4) is 0 Å². The standard InChI is InChI=1S/C13H13F2N3O3/c1-7(19)16-9-4-2-8(3-5-9)11-12(20)18(6-10(14)15)13(21)17-11/h2-5,10-11H,6H2,1H3,(H,16,19)(H,17,21). The minimum Gasteiger partial charge on any atom is -0.326 e. The summed E-state index contributed by atoms with van der Waals surface area (Å²) >= 11 is 0. The summed E-state index contributed by atoms with van der Waals surface area (Å²) in [5.74, 6) is -0.955. The zero-order valence-electron chi connectivity index (χ0n) is 11.1. The Morgan fingerprint density at radius 2 is 1.95 bits per heavy atom. The molecule has 1 aliphatic heterocycles. The van der Waals surface area contributed by atoms with Crippen LogP contribution in [0.2, 0.25) is 0 Å². The van der Waals surface area contributed by atoms with Crippen molar-refractivity contribution in [3.05, 3.63) is 29.8 Å². The molecule has 1 aromatic carbocycles. The van der Waals surface area contributed by atoms with E-state index in [2.05, 4.69) is 10.6 Å². The van der Waals surface area contributed by atoms with Gasteiger partial charge in [-0.1, -0.05) is 12.1 Å². The van der Waals surface area contributed by atoms with Crippen LogP contribution in [0.25, 0.3) is 0 Å². The number of urea groups is 1. The minimum absolute atomic E-state index is 0.240. The Kier molecular flexibility index (Phi) is 4.15. The molecule has 1 saturated heterocycles. The van der Waals surface area contributed by atoms with Gasteiger partial charge in [-0.3, -0.25) is 14.5 Å². The molecular formula is C13H13F2N3O3. The average molecular weight is 297 g/mol. The summed E-state index contributed by atoms with van der Waals surface area (Å²) in [6.45, 7) is 0.433. The Morgan fingerprint density at radius 1 is 1.33 bits per heavy atom. The number of nitrogens with zero attached hydrogens (tertiary/aromatic N) is 1. The van der Waals surface area contributed by atoms with E-state index in [0.717, 1.165) is 0 Å². The lowest BCUT2D eigenvalue weighted by Crippen LogP contribution is -2.35. The molecular weight excluding hydrogens is 284 g/mol. The van der Waals surface area contributed by atoms with Crippen LogP contribution in [0.4, 0.5) is 19.3 Å². The number of hydrogen-bond acceptors (Lipinski definition) is 3. The van der Waals surface area contributed by atoms with Gasteiger partial charge < -0.3 is 10.6 Å². The number of hydrogen-bond donors (Lipinski definition) is 2. The van der Waals surface area contributed by atoms with E-state index in [0.29, 0.717) is 16.2 Å². The molecule has 1 atom stereocenters. The highest BCUT2D eigenvalue weighted by Gasteiger charge is 2.39. The van der Waals surface area contributed by atoms with E-state index >= 15 is 0 Å². The van der Waals surface area contributed by atoms with Gasteiger partial charge in [0.25, 0.3) is 12.3 Å². The largest absolute Gasteiger partial charge is 0.326 e. The van der Waals surface area contributed by atoms with E-state index in [4.69, 9.17) is 0 Å². The Balaban J connectivity index is 2.13. The lowest BCUT2D eigenvalue weighted by molar-refractivity contribution is -0.128. The van der Waals surface area contributed by atoms with Crippen LogP contribution in [0.1, 0.15) is 18.5 Å². The third-order valence-electron chi connectivity index (χ3n) is 2.91. The Labute approximate surface area is 119 Å². The molecule has 1 aliphatic rings. The molecule has 1 fully saturated rings. The topological polar surface area (TPSA) is 78.5 Å². The van der Waals surface area contributed by atoms with E-state index < -0.39 is 31.0 Å². The third-order valence-corrected chi connectivity index (χ3v) is 2.91. The van der Waals surface area contributed by atoms with Gasteiger partial charge in [-0.15, -0.1) is 0 Å². The third kappa shape index (κ3) is 3.33. The van der Waals surface area contributed by atoms with Gasteiger partial charge in [0.2, 0.25) is 5.91 Å². The van der Waals surface area contributed by atoms with Crippen molar-refractivity contribution in [3.8, 4) is 0 Å². The molecule has 21 heavy (non-hydrogen) atoms. The van der Waals surface area contributed by atoms with Gasteiger partial charge >= 0.3 is 6.03 Å². The fourth-order valence-corrected chi connectivity index (χ4v) is 2.02. The lowest BCUT2D eigenvalue weighted by Gasteiger charge is -2.12. The molecule has 1 aromatic rings. The Morgan fingerprint density at radius 3 is 2.48 bits per heavy atom. The smallest absolute Gasteiger partial charge is 0.325 e. The second kappa shape index (κ2) is 5.86. The quantitative estimate of drug-likeness (QED) is 0.827. The molecule has 1 heterocycles. The summed E-state index contributed by atoms with van der Waals surface area (Å²) < 4.78 is 24.6. The van der Waals surface area contributed by atoms with E-state index in [-0.39, 0.29) is 5.91 Å². The molecule has 2 N–H and O–H groups in total. The van der Waals surface area contributed by atoms with E-state index in [9.17, 15) is 23.2 Å². The number of carbonyl (C=O) groups excluding carboxylic acids is 3. The van der Waals surface area contributed by atoms with Gasteiger partial charge in [0.05, 0.1) is 6.54 Å². The van der Waals surface area contributed by atoms with Crippen molar-refractivity contribution in [1.29, 1.82) is 0 Å². The lowest BCUT2D eigenvalue weighted by atomic mass is 10.1. The van der Waals surface area contributed by atoms with Crippen molar-refractivity contribution in [2.45, 2.75) is 19.4 Å². The fourth-order valence-electron chi connectivity index (χ4n) is 2.02. The van der Waals surface area contributed by atoms with Crippen LogP contribution in [0.5, 0.6) is 0 Å². The number of halogens is 2. The number of nitrogens with one attached hydrogen (secondary N) is 2. The SMILES string of the molecule is CC(=O)Nc1ccc(C2NC(=O)N(CC(F)F)C2=O)cc1. The first-order valence-electron chi connectivity index (χ1n) is 6.16. The molecule has 0 aliphatic carbocycles. The van der Waals surface area contributed by atoms with E-state index in [1.807, 2.05) is 0 Å². The molecule has 0 aromatic heterocycles. The summed E-state index contributed by atoms with van der Waals surface area (Å²) in [5.41, 5.74) is 0.992. The molecule has 0 saturated carbocycles. The second-order valence-electron chi connectivity index (χ2n) is 4.53. The highest BCUT2D eigenvalue weighted by Crippen LogP contribution is 2.23. The number of benzene rings is 1. The molecule has 8 heteroatoms.